The molecule has 0 aromatic carbocycles. The monoisotopic (exact) mass is 116 g/mol. The van der Waals surface area contributed by atoms with E-state index in [1.54, 1.807) is 6.92 Å². The maximum absolute atomic E-state index is 10.2. The Morgan fingerprint density at radius 3 is 3.00 bits per heavy atom. The number of nitrogens with one attached hydrogen (secondary N) is 1. The fourth-order valence-electron chi connectivity index (χ4n) is 0.272. The number of amides is 1. The lowest BCUT2D eigenvalue weighted by atomic mass is 10.6. The summed E-state index contributed by atoms with van der Waals surface area (Å²) in [5, 5.41) is 12.7. The van der Waals surface area contributed by atoms with Crippen LogP contribution in [0.15, 0.2) is 5.16 Å². The van der Waals surface area contributed by atoms with Crippen molar-refractivity contribution in [1.29, 1.82) is 0 Å². The minimum Gasteiger partial charge on any atom is -0.411 e. The summed E-state index contributed by atoms with van der Waals surface area (Å²) in [6, 6.07) is 0. The van der Waals surface area contributed by atoms with E-state index < -0.39 is 0 Å². The van der Waals surface area contributed by atoms with Crippen molar-refractivity contribution in [2.75, 3.05) is 6.54 Å². The highest BCUT2D eigenvalue weighted by Gasteiger charge is 1.88. The summed E-state index contributed by atoms with van der Waals surface area (Å²) in [5.41, 5.74) is 0. The molecule has 1 amide bonds. The first kappa shape index (κ1) is 6.94. The molecule has 0 aliphatic heterocycles. The Hall–Kier alpha value is -1.06. The lowest BCUT2D eigenvalue weighted by Gasteiger charge is -1.90. The predicted octanol–water partition coefficient (Wildman–Crippen LogP) is -0.417. The van der Waals surface area contributed by atoms with Gasteiger partial charge in [-0.25, -0.2) is 0 Å². The lowest BCUT2D eigenvalue weighted by molar-refractivity contribution is -0.114. The number of oxime groups is 1. The second-order valence-corrected chi connectivity index (χ2v) is 1.14. The van der Waals surface area contributed by atoms with E-state index in [4.69, 9.17) is 5.21 Å². The second-order valence-electron chi connectivity index (χ2n) is 1.14. The van der Waals surface area contributed by atoms with Gasteiger partial charge in [0.2, 0.25) is 0 Å². The summed E-state index contributed by atoms with van der Waals surface area (Å²) >= 11 is 0. The predicted molar refractivity (Wildman–Crippen MR) is 29.0 cm³/mol. The molecule has 0 atom stereocenters. The van der Waals surface area contributed by atoms with Gasteiger partial charge in [0.05, 0.1) is 0 Å². The quantitative estimate of drug-likeness (QED) is 0.292. The minimum absolute atomic E-state index is 0.380. The molecular weight excluding hydrogens is 108 g/mol. The molecule has 4 nitrogen and oxygen atoms in total. The molecule has 0 saturated carbocycles. The van der Waals surface area contributed by atoms with E-state index in [0.29, 0.717) is 6.54 Å². The van der Waals surface area contributed by atoms with Gasteiger partial charge in [-0.15, -0.1) is 0 Å². The van der Waals surface area contributed by atoms with Crippen molar-refractivity contribution in [2.24, 2.45) is 5.16 Å². The maximum atomic E-state index is 10.2. The highest BCUT2D eigenvalue weighted by Crippen LogP contribution is 1.57. The van der Waals surface area contributed by atoms with Crippen molar-refractivity contribution < 1.29 is 10.0 Å². The molecule has 0 aromatic heterocycles. The van der Waals surface area contributed by atoms with E-state index in [-0.39, 0.29) is 5.91 Å². The molecule has 0 aromatic rings. The van der Waals surface area contributed by atoms with Crippen LogP contribution in [0, 0.1) is 0 Å². The standard InChI is InChI=1S/C4H8N2O2/c1-2-5-4(7)3-6-8/h3,8H,2H2,1H3,(H,5,7)/b6-3+. The normalized spacial score (nSPS) is 9.62. The molecule has 0 aliphatic rings. The van der Waals surface area contributed by atoms with Crippen LogP contribution < -0.4 is 5.32 Å². The summed E-state index contributed by atoms with van der Waals surface area (Å²) in [6.45, 7) is 2.33. The number of carbonyl (C=O) groups is 1. The topological polar surface area (TPSA) is 61.7 Å². The molecule has 0 radical (unpaired) electrons. The van der Waals surface area contributed by atoms with Gasteiger partial charge >= 0.3 is 0 Å². The van der Waals surface area contributed by atoms with Crippen molar-refractivity contribution in [3.63, 3.8) is 0 Å². The average molecular weight is 116 g/mol. The Morgan fingerprint density at radius 2 is 2.62 bits per heavy atom. The van der Waals surface area contributed by atoms with Crippen LogP contribution in [-0.2, 0) is 4.79 Å². The van der Waals surface area contributed by atoms with Crippen molar-refractivity contribution in [2.45, 2.75) is 6.92 Å². The van der Waals surface area contributed by atoms with Gasteiger partial charge in [0, 0.05) is 6.54 Å². The van der Waals surface area contributed by atoms with Crippen LogP contribution in [0.2, 0.25) is 0 Å². The van der Waals surface area contributed by atoms with Crippen molar-refractivity contribution in [3.05, 3.63) is 0 Å². The molecule has 0 spiro atoms. The van der Waals surface area contributed by atoms with Crippen LogP contribution in [0.3, 0.4) is 0 Å². The van der Waals surface area contributed by atoms with Gasteiger partial charge in [-0.1, -0.05) is 5.16 Å². The largest absolute Gasteiger partial charge is 0.411 e. The number of rotatable bonds is 2. The molecule has 46 valence electrons. The fraction of sp³-hybridized carbons (Fsp3) is 0.500. The van der Waals surface area contributed by atoms with Gasteiger partial charge in [0.1, 0.15) is 6.21 Å². The summed E-state index contributed by atoms with van der Waals surface area (Å²) in [6.07, 6.45) is 0.809. The number of carbonyl (C=O) groups excluding carboxylic acids is 1. The Labute approximate surface area is 47.2 Å². The summed E-state index contributed by atoms with van der Waals surface area (Å²) in [4.78, 5) is 10.2. The van der Waals surface area contributed by atoms with Crippen molar-refractivity contribution >= 4 is 12.1 Å². The van der Waals surface area contributed by atoms with Gasteiger partial charge < -0.3 is 10.5 Å². The van der Waals surface area contributed by atoms with Gasteiger partial charge in [0.25, 0.3) is 5.91 Å². The summed E-state index contributed by atoms with van der Waals surface area (Å²) in [5.74, 6) is -0.380. The van der Waals surface area contributed by atoms with Gasteiger partial charge in [-0.3, -0.25) is 4.79 Å². The smallest absolute Gasteiger partial charge is 0.265 e. The zero-order valence-corrected chi connectivity index (χ0v) is 4.59. The van der Waals surface area contributed by atoms with Gasteiger partial charge in [0.15, 0.2) is 0 Å². The molecule has 0 fully saturated rings. The molecule has 0 saturated heterocycles. The van der Waals surface area contributed by atoms with Crippen LogP contribution in [0.25, 0.3) is 0 Å². The molecule has 0 heterocycles. The second kappa shape index (κ2) is 4.11. The molecule has 0 unspecified atom stereocenters. The van der Waals surface area contributed by atoms with Crippen molar-refractivity contribution in [1.82, 2.24) is 5.32 Å². The van der Waals surface area contributed by atoms with E-state index in [1.165, 1.54) is 0 Å². The van der Waals surface area contributed by atoms with E-state index in [9.17, 15) is 4.79 Å². The molecule has 0 rings (SSSR count). The first-order valence-corrected chi connectivity index (χ1v) is 2.26. The highest BCUT2D eigenvalue weighted by molar-refractivity contribution is 6.25. The third kappa shape index (κ3) is 3.14. The Morgan fingerprint density at radius 1 is 2.00 bits per heavy atom. The Kier molecular flexibility index (Phi) is 3.56. The molecular formula is C4H8N2O2. The Bertz CT molecular complexity index is 100. The average Bonchev–Trinajstić information content (AvgIpc) is 1.68. The molecule has 0 bridgehead atoms. The van der Waals surface area contributed by atoms with E-state index in [1.807, 2.05) is 0 Å². The first-order chi connectivity index (χ1) is 3.81. The van der Waals surface area contributed by atoms with Crippen LogP contribution in [0.4, 0.5) is 0 Å². The number of nitrogens with zero attached hydrogens (tertiary/aromatic N) is 1. The number of hydrogen-bond acceptors (Lipinski definition) is 3. The summed E-state index contributed by atoms with van der Waals surface area (Å²) in [7, 11) is 0. The van der Waals surface area contributed by atoms with Crippen molar-refractivity contribution in [3.8, 4) is 0 Å². The molecule has 2 N–H and O–H groups in total. The maximum Gasteiger partial charge on any atom is 0.265 e. The highest BCUT2D eigenvalue weighted by atomic mass is 16.4. The van der Waals surface area contributed by atoms with E-state index in [0.717, 1.165) is 6.21 Å². The minimum atomic E-state index is -0.380. The fourth-order valence-corrected chi connectivity index (χ4v) is 0.272. The van der Waals surface area contributed by atoms with Gasteiger partial charge in [-0.2, -0.15) is 0 Å². The van der Waals surface area contributed by atoms with Crippen LogP contribution in [0.1, 0.15) is 6.92 Å². The zero-order chi connectivity index (χ0) is 6.41. The third-order valence-corrected chi connectivity index (χ3v) is 0.526. The molecule has 4 heteroatoms. The van der Waals surface area contributed by atoms with Crippen LogP contribution >= 0.6 is 0 Å². The summed E-state index contributed by atoms with van der Waals surface area (Å²) < 4.78 is 0. The van der Waals surface area contributed by atoms with Crippen LogP contribution in [-0.4, -0.2) is 23.9 Å². The Balaban J connectivity index is 3.33. The van der Waals surface area contributed by atoms with Crippen LogP contribution in [0.5, 0.6) is 0 Å². The van der Waals surface area contributed by atoms with E-state index >= 15 is 0 Å². The zero-order valence-electron chi connectivity index (χ0n) is 4.59. The van der Waals surface area contributed by atoms with E-state index in [2.05, 4.69) is 10.5 Å². The van der Waals surface area contributed by atoms with Gasteiger partial charge in [-0.05, 0) is 6.92 Å². The molecule has 8 heavy (non-hydrogen) atoms. The number of hydrogen-bond donors (Lipinski definition) is 2. The third-order valence-electron chi connectivity index (χ3n) is 0.526. The first-order valence-electron chi connectivity index (χ1n) is 2.26. The molecule has 0 aliphatic carbocycles. The lowest BCUT2D eigenvalue weighted by Crippen LogP contribution is -2.23. The SMILES string of the molecule is CCNC(=O)/C=N/O.